The summed E-state index contributed by atoms with van der Waals surface area (Å²) >= 11 is 9.45. The molecule has 15 heavy (non-hydrogen) atoms. The van der Waals surface area contributed by atoms with E-state index in [2.05, 4.69) is 26.2 Å². The highest BCUT2D eigenvalue weighted by molar-refractivity contribution is 9.10. The van der Waals surface area contributed by atoms with E-state index in [9.17, 15) is 0 Å². The molecular formula is C10H12BrClN2O. The Morgan fingerprint density at radius 2 is 2.47 bits per heavy atom. The molecule has 82 valence electrons. The van der Waals surface area contributed by atoms with Gasteiger partial charge in [-0.2, -0.15) is 0 Å². The maximum absolute atomic E-state index is 6.10. The zero-order chi connectivity index (χ0) is 10.7. The van der Waals surface area contributed by atoms with Crippen molar-refractivity contribution in [1.82, 2.24) is 10.3 Å². The molecule has 1 aromatic heterocycles. The molecule has 1 atom stereocenters. The fraction of sp³-hybridized carbons (Fsp3) is 0.500. The number of ether oxygens (including phenoxy) is 1. The lowest BCUT2D eigenvalue weighted by atomic mass is 10.1. The Morgan fingerprint density at radius 3 is 3.33 bits per heavy atom. The van der Waals surface area contributed by atoms with Crippen LogP contribution in [0.15, 0.2) is 16.9 Å². The minimum atomic E-state index is 0.166. The van der Waals surface area contributed by atoms with Gasteiger partial charge < -0.3 is 10.1 Å². The fourth-order valence-electron chi connectivity index (χ4n) is 1.60. The van der Waals surface area contributed by atoms with Crippen LogP contribution < -0.4 is 5.32 Å². The molecule has 0 saturated carbocycles. The van der Waals surface area contributed by atoms with Gasteiger partial charge in [0.15, 0.2) is 0 Å². The van der Waals surface area contributed by atoms with E-state index in [1.165, 1.54) is 0 Å². The van der Waals surface area contributed by atoms with Crippen LogP contribution in [0.25, 0.3) is 0 Å². The normalized spacial score (nSPS) is 22.4. The topological polar surface area (TPSA) is 34.1 Å². The van der Waals surface area contributed by atoms with Gasteiger partial charge in [-0.15, -0.1) is 0 Å². The molecule has 1 aromatic rings. The van der Waals surface area contributed by atoms with Crippen LogP contribution in [0.5, 0.6) is 0 Å². The van der Waals surface area contributed by atoms with E-state index in [0.29, 0.717) is 11.6 Å². The largest absolute Gasteiger partial charge is 0.379 e. The standard InChI is InChI=1S/C10H12BrClN2O/c11-10-4-7(8(12)5-14-10)9-6-15-3-1-2-13-9/h4-5,9,13H,1-3,6H2. The maximum atomic E-state index is 6.10. The summed E-state index contributed by atoms with van der Waals surface area (Å²) in [5.74, 6) is 0. The third kappa shape index (κ3) is 2.91. The molecule has 1 N–H and O–H groups in total. The summed E-state index contributed by atoms with van der Waals surface area (Å²) in [6.45, 7) is 2.44. The second-order valence-corrected chi connectivity index (χ2v) is 4.68. The van der Waals surface area contributed by atoms with Crippen LogP contribution in [-0.2, 0) is 4.74 Å². The Kier molecular flexibility index (Phi) is 3.97. The summed E-state index contributed by atoms with van der Waals surface area (Å²) in [6.07, 6.45) is 2.70. The van der Waals surface area contributed by atoms with Gasteiger partial charge in [0.2, 0.25) is 0 Å². The van der Waals surface area contributed by atoms with Crippen molar-refractivity contribution in [3.63, 3.8) is 0 Å². The highest BCUT2D eigenvalue weighted by Crippen LogP contribution is 2.25. The Balaban J connectivity index is 2.22. The summed E-state index contributed by atoms with van der Waals surface area (Å²) in [4.78, 5) is 4.07. The molecule has 1 saturated heterocycles. The molecule has 2 rings (SSSR count). The molecular weight excluding hydrogens is 279 g/mol. The summed E-state index contributed by atoms with van der Waals surface area (Å²) in [5, 5.41) is 4.09. The van der Waals surface area contributed by atoms with Crippen LogP contribution in [-0.4, -0.2) is 24.7 Å². The predicted octanol–water partition coefficient (Wildman–Crippen LogP) is 2.55. The van der Waals surface area contributed by atoms with Crippen molar-refractivity contribution in [1.29, 1.82) is 0 Å². The van der Waals surface area contributed by atoms with Crippen LogP contribution in [0, 0.1) is 0 Å². The van der Waals surface area contributed by atoms with E-state index in [4.69, 9.17) is 16.3 Å². The van der Waals surface area contributed by atoms with Gasteiger partial charge in [0.05, 0.1) is 17.7 Å². The Bertz CT molecular complexity index is 340. The highest BCUT2D eigenvalue weighted by Gasteiger charge is 2.17. The monoisotopic (exact) mass is 290 g/mol. The van der Waals surface area contributed by atoms with Gasteiger partial charge in [0.1, 0.15) is 4.60 Å². The van der Waals surface area contributed by atoms with E-state index >= 15 is 0 Å². The van der Waals surface area contributed by atoms with E-state index in [1.807, 2.05) is 6.07 Å². The number of nitrogens with one attached hydrogen (secondary N) is 1. The van der Waals surface area contributed by atoms with E-state index in [-0.39, 0.29) is 6.04 Å². The number of rotatable bonds is 1. The second-order valence-electron chi connectivity index (χ2n) is 3.46. The first-order valence-electron chi connectivity index (χ1n) is 4.89. The zero-order valence-corrected chi connectivity index (χ0v) is 10.5. The number of nitrogens with zero attached hydrogens (tertiary/aromatic N) is 1. The molecule has 1 aliphatic heterocycles. The Hall–Kier alpha value is -0.160. The molecule has 0 aliphatic carbocycles. The third-order valence-corrected chi connectivity index (χ3v) is 3.12. The summed E-state index contributed by atoms with van der Waals surface area (Å²) in [6, 6.07) is 2.11. The van der Waals surface area contributed by atoms with Gasteiger partial charge in [-0.3, -0.25) is 0 Å². The van der Waals surface area contributed by atoms with Crippen LogP contribution in [0.1, 0.15) is 18.0 Å². The minimum Gasteiger partial charge on any atom is -0.379 e. The first kappa shape index (κ1) is 11.3. The van der Waals surface area contributed by atoms with Crippen molar-refractivity contribution in [2.24, 2.45) is 0 Å². The number of aromatic nitrogens is 1. The van der Waals surface area contributed by atoms with E-state index in [0.717, 1.165) is 29.7 Å². The molecule has 1 fully saturated rings. The molecule has 0 aromatic carbocycles. The van der Waals surface area contributed by atoms with Crippen molar-refractivity contribution >= 4 is 27.5 Å². The maximum Gasteiger partial charge on any atom is 0.106 e. The predicted molar refractivity (Wildman–Crippen MR) is 63.1 cm³/mol. The van der Waals surface area contributed by atoms with Gasteiger partial charge >= 0.3 is 0 Å². The van der Waals surface area contributed by atoms with E-state index in [1.54, 1.807) is 6.20 Å². The molecule has 0 spiro atoms. The lowest BCUT2D eigenvalue weighted by Crippen LogP contribution is -2.23. The van der Waals surface area contributed by atoms with Crippen molar-refractivity contribution in [2.45, 2.75) is 12.5 Å². The summed E-state index contributed by atoms with van der Waals surface area (Å²) < 4.78 is 6.30. The van der Waals surface area contributed by atoms with Crippen LogP contribution >= 0.6 is 27.5 Å². The molecule has 0 amide bonds. The molecule has 5 heteroatoms. The lowest BCUT2D eigenvalue weighted by molar-refractivity contribution is 0.131. The van der Waals surface area contributed by atoms with Crippen molar-refractivity contribution < 1.29 is 4.74 Å². The minimum absolute atomic E-state index is 0.166. The summed E-state index contributed by atoms with van der Waals surface area (Å²) in [7, 11) is 0. The lowest BCUT2D eigenvalue weighted by Gasteiger charge is -2.16. The average Bonchev–Trinajstić information content (AvgIpc) is 2.50. The second kappa shape index (κ2) is 5.25. The molecule has 0 radical (unpaired) electrons. The van der Waals surface area contributed by atoms with Crippen LogP contribution in [0.4, 0.5) is 0 Å². The fourth-order valence-corrected chi connectivity index (χ4v) is 2.19. The Labute approximate surface area is 102 Å². The third-order valence-electron chi connectivity index (χ3n) is 2.37. The van der Waals surface area contributed by atoms with Crippen LogP contribution in [0.3, 0.4) is 0 Å². The van der Waals surface area contributed by atoms with Crippen molar-refractivity contribution in [2.75, 3.05) is 19.8 Å². The first-order chi connectivity index (χ1) is 7.27. The van der Waals surface area contributed by atoms with Gasteiger partial charge in [-0.1, -0.05) is 11.6 Å². The molecule has 3 nitrogen and oxygen atoms in total. The summed E-state index contributed by atoms with van der Waals surface area (Å²) in [5.41, 5.74) is 1.04. The van der Waals surface area contributed by atoms with Gasteiger partial charge in [-0.25, -0.2) is 4.98 Å². The van der Waals surface area contributed by atoms with Crippen molar-refractivity contribution in [3.8, 4) is 0 Å². The quantitative estimate of drug-likeness (QED) is 0.808. The average molecular weight is 292 g/mol. The van der Waals surface area contributed by atoms with Gasteiger partial charge in [0, 0.05) is 12.8 Å². The van der Waals surface area contributed by atoms with Gasteiger partial charge in [-0.05, 0) is 40.5 Å². The number of hydrogen-bond donors (Lipinski definition) is 1. The smallest absolute Gasteiger partial charge is 0.106 e. The van der Waals surface area contributed by atoms with Gasteiger partial charge in [0.25, 0.3) is 0 Å². The number of hydrogen-bond acceptors (Lipinski definition) is 3. The molecule has 0 bridgehead atoms. The zero-order valence-electron chi connectivity index (χ0n) is 8.17. The molecule has 1 aliphatic rings. The first-order valence-corrected chi connectivity index (χ1v) is 6.06. The van der Waals surface area contributed by atoms with Crippen molar-refractivity contribution in [3.05, 3.63) is 27.5 Å². The molecule has 1 unspecified atom stereocenters. The highest BCUT2D eigenvalue weighted by atomic mass is 79.9. The number of pyridine rings is 1. The Morgan fingerprint density at radius 1 is 1.60 bits per heavy atom. The van der Waals surface area contributed by atoms with Crippen LogP contribution in [0.2, 0.25) is 5.02 Å². The SMILES string of the molecule is Clc1cnc(Br)cc1C1COCCCN1. The number of halogens is 2. The van der Waals surface area contributed by atoms with E-state index < -0.39 is 0 Å². The molecule has 2 heterocycles.